The van der Waals surface area contributed by atoms with Crippen molar-refractivity contribution in [2.75, 3.05) is 18.5 Å². The Balaban J connectivity index is 1.77. The second-order valence-corrected chi connectivity index (χ2v) is 6.66. The van der Waals surface area contributed by atoms with Gasteiger partial charge in [0, 0.05) is 30.1 Å². The zero-order chi connectivity index (χ0) is 16.3. The Morgan fingerprint density at radius 1 is 1.13 bits per heavy atom. The van der Waals surface area contributed by atoms with Crippen molar-refractivity contribution in [1.29, 1.82) is 0 Å². The molecule has 23 heavy (non-hydrogen) atoms. The summed E-state index contributed by atoms with van der Waals surface area (Å²) < 4.78 is 11.6. The molecule has 1 aromatic heterocycles. The first-order valence-corrected chi connectivity index (χ1v) is 7.99. The molecule has 0 spiro atoms. The summed E-state index contributed by atoms with van der Waals surface area (Å²) in [4.78, 5) is 8.95. The number of anilines is 1. The average Bonchev–Trinajstić information content (AvgIpc) is 2.78. The van der Waals surface area contributed by atoms with E-state index in [0.717, 1.165) is 35.1 Å². The fourth-order valence-electron chi connectivity index (χ4n) is 2.40. The van der Waals surface area contributed by atoms with Crippen molar-refractivity contribution < 1.29 is 9.47 Å². The van der Waals surface area contributed by atoms with Gasteiger partial charge in [-0.2, -0.15) is 0 Å². The molecule has 0 bridgehead atoms. The first-order chi connectivity index (χ1) is 11.0. The molecule has 1 aliphatic rings. The van der Waals surface area contributed by atoms with Gasteiger partial charge in [-0.3, -0.25) is 0 Å². The lowest BCUT2D eigenvalue weighted by molar-refractivity contribution is 0.296. The molecular weight excluding hydrogens is 290 g/mol. The highest BCUT2D eigenvalue weighted by atomic mass is 16.5. The van der Waals surface area contributed by atoms with E-state index >= 15 is 0 Å². The lowest BCUT2D eigenvalue weighted by Crippen LogP contribution is -2.17. The second-order valence-electron chi connectivity index (χ2n) is 6.66. The molecule has 0 saturated carbocycles. The van der Waals surface area contributed by atoms with Crippen LogP contribution < -0.4 is 14.8 Å². The molecule has 0 saturated heterocycles. The van der Waals surface area contributed by atoms with Gasteiger partial charge in [0.25, 0.3) is 0 Å². The summed E-state index contributed by atoms with van der Waals surface area (Å²) in [6, 6.07) is 7.87. The highest BCUT2D eigenvalue weighted by Gasteiger charge is 2.18. The molecule has 122 valence electrons. The van der Waals surface area contributed by atoms with Crippen LogP contribution in [0.2, 0.25) is 0 Å². The van der Waals surface area contributed by atoms with E-state index in [4.69, 9.17) is 9.47 Å². The summed E-state index contributed by atoms with van der Waals surface area (Å²) in [6.45, 7) is 8.33. The van der Waals surface area contributed by atoms with Crippen LogP contribution in [-0.4, -0.2) is 23.2 Å². The summed E-state index contributed by atoms with van der Waals surface area (Å²) in [6.07, 6.45) is 2.70. The zero-order valence-corrected chi connectivity index (χ0v) is 13.9. The van der Waals surface area contributed by atoms with Crippen LogP contribution >= 0.6 is 0 Å². The molecule has 0 fully saturated rings. The third-order valence-electron chi connectivity index (χ3n) is 3.64. The van der Waals surface area contributed by atoms with E-state index in [2.05, 4.69) is 36.1 Å². The summed E-state index contributed by atoms with van der Waals surface area (Å²) in [5.41, 5.74) is 0.999. The van der Waals surface area contributed by atoms with Gasteiger partial charge in [0.15, 0.2) is 11.5 Å². The molecular formula is C18H23N3O2. The molecule has 2 aromatic rings. The number of ether oxygens (including phenoxy) is 2. The highest BCUT2D eigenvalue weighted by Crippen LogP contribution is 2.33. The minimum atomic E-state index is -0.0710. The third kappa shape index (κ3) is 3.73. The molecule has 0 aliphatic carbocycles. The monoisotopic (exact) mass is 313 g/mol. The van der Waals surface area contributed by atoms with Crippen molar-refractivity contribution in [1.82, 2.24) is 9.97 Å². The Bertz CT molecular complexity index is 680. The Morgan fingerprint density at radius 3 is 2.78 bits per heavy atom. The van der Waals surface area contributed by atoms with Crippen LogP contribution in [0, 0.1) is 0 Å². The van der Waals surface area contributed by atoms with Crippen LogP contribution in [0.25, 0.3) is 0 Å². The molecule has 0 atom stereocenters. The first kappa shape index (κ1) is 15.6. The van der Waals surface area contributed by atoms with Crippen molar-refractivity contribution in [3.8, 4) is 11.5 Å². The van der Waals surface area contributed by atoms with Crippen molar-refractivity contribution in [3.63, 3.8) is 0 Å². The molecule has 3 rings (SSSR count). The van der Waals surface area contributed by atoms with E-state index in [0.29, 0.717) is 19.8 Å². The van der Waals surface area contributed by atoms with Gasteiger partial charge >= 0.3 is 0 Å². The summed E-state index contributed by atoms with van der Waals surface area (Å²) >= 11 is 0. The largest absolute Gasteiger partial charge is 0.490 e. The Morgan fingerprint density at radius 2 is 1.96 bits per heavy atom. The van der Waals surface area contributed by atoms with Crippen LogP contribution in [-0.2, 0) is 12.0 Å². The number of aromatic nitrogens is 2. The number of fused-ring (bicyclic) bond motifs is 1. The number of benzene rings is 1. The van der Waals surface area contributed by atoms with Crippen molar-refractivity contribution in [3.05, 3.63) is 41.9 Å². The lowest BCUT2D eigenvalue weighted by atomic mass is 9.96. The summed E-state index contributed by atoms with van der Waals surface area (Å²) in [5, 5.41) is 3.36. The van der Waals surface area contributed by atoms with Crippen LogP contribution in [0.4, 0.5) is 5.82 Å². The summed E-state index contributed by atoms with van der Waals surface area (Å²) in [5.74, 6) is 3.30. The number of nitrogens with zero attached hydrogens (tertiary/aromatic N) is 2. The van der Waals surface area contributed by atoms with Crippen molar-refractivity contribution in [2.24, 2.45) is 0 Å². The van der Waals surface area contributed by atoms with Crippen LogP contribution in [0.1, 0.15) is 38.6 Å². The lowest BCUT2D eigenvalue weighted by Gasteiger charge is -2.17. The standard InChI is InChI=1S/C18H23N3O2/c1-18(2,3)17-19-9-8-15(21-17)20-12-13-6-4-7-14-16(13)23-11-5-10-22-14/h4,6-9H,5,10-12H2,1-3H3,(H,19,20,21). The van der Waals surface area contributed by atoms with Crippen LogP contribution in [0.3, 0.4) is 0 Å². The number of hydrogen-bond acceptors (Lipinski definition) is 5. The summed E-state index contributed by atoms with van der Waals surface area (Å²) in [7, 11) is 0. The van der Waals surface area contributed by atoms with Crippen molar-refractivity contribution in [2.45, 2.75) is 39.2 Å². The highest BCUT2D eigenvalue weighted by molar-refractivity contribution is 5.48. The predicted octanol–water partition coefficient (Wildman–Crippen LogP) is 3.55. The Labute approximate surface area is 137 Å². The molecule has 1 aliphatic heterocycles. The fourth-order valence-corrected chi connectivity index (χ4v) is 2.40. The predicted molar refractivity (Wildman–Crippen MR) is 90.1 cm³/mol. The zero-order valence-electron chi connectivity index (χ0n) is 13.9. The van der Waals surface area contributed by atoms with Crippen LogP contribution in [0.15, 0.2) is 30.5 Å². The molecule has 5 heteroatoms. The third-order valence-corrected chi connectivity index (χ3v) is 3.64. The smallest absolute Gasteiger partial charge is 0.166 e. The van der Waals surface area contributed by atoms with E-state index in [9.17, 15) is 0 Å². The number of rotatable bonds is 3. The minimum absolute atomic E-state index is 0.0710. The molecule has 2 heterocycles. The van der Waals surface area contributed by atoms with E-state index in [1.54, 1.807) is 6.20 Å². The Hall–Kier alpha value is -2.30. The minimum Gasteiger partial charge on any atom is -0.490 e. The molecule has 0 amide bonds. The molecule has 5 nitrogen and oxygen atoms in total. The van der Waals surface area contributed by atoms with E-state index in [-0.39, 0.29) is 5.41 Å². The molecule has 1 N–H and O–H groups in total. The first-order valence-electron chi connectivity index (χ1n) is 7.99. The maximum Gasteiger partial charge on any atom is 0.166 e. The van der Waals surface area contributed by atoms with Gasteiger partial charge in [-0.1, -0.05) is 32.9 Å². The van der Waals surface area contributed by atoms with Gasteiger partial charge in [0.05, 0.1) is 13.2 Å². The van der Waals surface area contributed by atoms with Gasteiger partial charge in [-0.25, -0.2) is 9.97 Å². The molecule has 1 aromatic carbocycles. The maximum absolute atomic E-state index is 5.85. The van der Waals surface area contributed by atoms with E-state index < -0.39 is 0 Å². The van der Waals surface area contributed by atoms with Crippen LogP contribution in [0.5, 0.6) is 11.5 Å². The Kier molecular flexibility index (Phi) is 4.37. The van der Waals surface area contributed by atoms with Gasteiger partial charge < -0.3 is 14.8 Å². The fraction of sp³-hybridized carbons (Fsp3) is 0.444. The number of nitrogens with one attached hydrogen (secondary N) is 1. The van der Waals surface area contributed by atoms with E-state index in [1.807, 2.05) is 24.3 Å². The second kappa shape index (κ2) is 6.44. The topological polar surface area (TPSA) is 56.3 Å². The van der Waals surface area contributed by atoms with E-state index in [1.165, 1.54) is 0 Å². The van der Waals surface area contributed by atoms with Crippen molar-refractivity contribution >= 4 is 5.82 Å². The van der Waals surface area contributed by atoms with Gasteiger partial charge in [0.2, 0.25) is 0 Å². The number of para-hydroxylation sites is 1. The average molecular weight is 313 g/mol. The maximum atomic E-state index is 5.85. The SMILES string of the molecule is CC(C)(C)c1nccc(NCc2cccc3c2OCCCO3)n1. The molecule has 0 radical (unpaired) electrons. The quantitative estimate of drug-likeness (QED) is 0.939. The van der Waals surface area contributed by atoms with Gasteiger partial charge in [-0.05, 0) is 12.1 Å². The van der Waals surface area contributed by atoms with Gasteiger partial charge in [-0.15, -0.1) is 0 Å². The molecule has 0 unspecified atom stereocenters. The normalized spacial score (nSPS) is 14.2. The number of hydrogen-bond donors (Lipinski definition) is 1. The van der Waals surface area contributed by atoms with Gasteiger partial charge in [0.1, 0.15) is 11.6 Å².